The molecule has 0 radical (unpaired) electrons. The van der Waals surface area contributed by atoms with Gasteiger partial charge in [0, 0.05) is 54.5 Å². The van der Waals surface area contributed by atoms with Crippen LogP contribution in [-0.4, -0.2) is 67.9 Å². The van der Waals surface area contributed by atoms with Gasteiger partial charge in [-0.1, -0.05) is 24.3 Å². The van der Waals surface area contributed by atoms with E-state index >= 15 is 0 Å². The molecule has 1 saturated heterocycles. The van der Waals surface area contributed by atoms with E-state index in [-0.39, 0.29) is 6.04 Å². The summed E-state index contributed by atoms with van der Waals surface area (Å²) < 4.78 is 6.48. The van der Waals surface area contributed by atoms with Crippen molar-refractivity contribution in [3.63, 3.8) is 0 Å². The van der Waals surface area contributed by atoms with Crippen molar-refractivity contribution in [1.29, 1.82) is 0 Å². The van der Waals surface area contributed by atoms with Crippen molar-refractivity contribution in [2.45, 2.75) is 38.8 Å². The molecule has 202 valence electrons. The van der Waals surface area contributed by atoms with Gasteiger partial charge in [0.1, 0.15) is 5.75 Å². The third-order valence-corrected chi connectivity index (χ3v) is 6.72. The highest BCUT2D eigenvalue weighted by Gasteiger charge is 2.24. The van der Waals surface area contributed by atoms with Crippen LogP contribution in [0.4, 0.5) is 16.4 Å². The van der Waals surface area contributed by atoms with Crippen molar-refractivity contribution in [3.8, 4) is 22.9 Å². The summed E-state index contributed by atoms with van der Waals surface area (Å²) in [5.74, 6) is 1.53. The summed E-state index contributed by atoms with van der Waals surface area (Å²) in [6.07, 6.45) is 3.58. The van der Waals surface area contributed by atoms with E-state index in [1.165, 1.54) is 4.90 Å². The summed E-state index contributed by atoms with van der Waals surface area (Å²) in [5, 5.41) is 27.6. The van der Waals surface area contributed by atoms with E-state index in [2.05, 4.69) is 20.6 Å². The van der Waals surface area contributed by atoms with Gasteiger partial charge in [-0.25, -0.2) is 19.7 Å². The van der Waals surface area contributed by atoms with E-state index in [1.54, 1.807) is 25.4 Å². The van der Waals surface area contributed by atoms with Crippen molar-refractivity contribution in [1.82, 2.24) is 19.9 Å². The fourth-order valence-electron chi connectivity index (χ4n) is 4.78. The molecule has 0 bridgehead atoms. The Morgan fingerprint density at radius 2 is 2.00 bits per heavy atom. The number of aromatic nitrogens is 3. The van der Waals surface area contributed by atoms with Crippen LogP contribution in [0.25, 0.3) is 22.0 Å². The van der Waals surface area contributed by atoms with Crippen molar-refractivity contribution in [2.75, 3.05) is 30.3 Å². The average molecular weight is 529 g/mol. The summed E-state index contributed by atoms with van der Waals surface area (Å²) >= 11 is 0. The third-order valence-electron chi connectivity index (χ3n) is 6.72. The number of carbonyl (C=O) groups is 1. The highest BCUT2D eigenvalue weighted by molar-refractivity contribution is 5.98. The minimum absolute atomic E-state index is 0.0651. The highest BCUT2D eigenvalue weighted by atomic mass is 16.5. The van der Waals surface area contributed by atoms with Crippen molar-refractivity contribution >= 4 is 28.5 Å². The number of carboxylic acid groups (broad SMARTS) is 1. The van der Waals surface area contributed by atoms with Crippen LogP contribution in [0.5, 0.6) is 11.6 Å². The van der Waals surface area contributed by atoms with Gasteiger partial charge < -0.3 is 30.5 Å². The number of nitrogens with zero attached hydrogens (tertiary/aromatic N) is 4. The smallest absolute Gasteiger partial charge is 0.407 e. The molecule has 2 aromatic carbocycles. The molecule has 10 heteroatoms. The number of aliphatic hydroxyl groups is 1. The highest BCUT2D eigenvalue weighted by Crippen LogP contribution is 2.38. The summed E-state index contributed by atoms with van der Waals surface area (Å²) in [4.78, 5) is 26.4. The predicted molar refractivity (Wildman–Crippen MR) is 150 cm³/mol. The topological polar surface area (TPSA) is 133 Å². The van der Waals surface area contributed by atoms with E-state index in [9.17, 15) is 15.0 Å². The molecule has 2 atom stereocenters. The molecule has 4 aromatic rings. The first kappa shape index (κ1) is 26.2. The summed E-state index contributed by atoms with van der Waals surface area (Å²) in [7, 11) is 0. The Labute approximate surface area is 226 Å². The zero-order valence-electron chi connectivity index (χ0n) is 22.0. The van der Waals surface area contributed by atoms with Gasteiger partial charge >= 0.3 is 6.09 Å². The fourth-order valence-corrected chi connectivity index (χ4v) is 4.78. The molecule has 39 heavy (non-hydrogen) atoms. The molecular formula is C29H32N6O4. The van der Waals surface area contributed by atoms with E-state index in [0.29, 0.717) is 48.5 Å². The average Bonchev–Trinajstić information content (AvgIpc) is 2.94. The fraction of sp³-hybridized carbons (Fsp3) is 0.310. The van der Waals surface area contributed by atoms with Gasteiger partial charge in [-0.15, -0.1) is 0 Å². The number of ether oxygens (including phenoxy) is 1. The second-order valence-corrected chi connectivity index (χ2v) is 9.78. The Morgan fingerprint density at radius 1 is 1.13 bits per heavy atom. The molecule has 2 aromatic heterocycles. The number of aryl methyl sites for hydroxylation is 1. The van der Waals surface area contributed by atoms with E-state index in [1.807, 2.05) is 49.4 Å². The Balaban J connectivity index is 1.43. The molecule has 10 nitrogen and oxygen atoms in total. The maximum atomic E-state index is 11.4. The monoisotopic (exact) mass is 528 g/mol. The molecule has 3 heterocycles. The second kappa shape index (κ2) is 11.5. The maximum Gasteiger partial charge on any atom is 0.407 e. The van der Waals surface area contributed by atoms with Gasteiger partial charge in [-0.3, -0.25) is 0 Å². The first-order chi connectivity index (χ1) is 18.9. The number of pyridine rings is 1. The molecule has 5 rings (SSSR count). The molecule has 0 spiro atoms. The first-order valence-corrected chi connectivity index (χ1v) is 13.0. The number of aliphatic hydroxyl groups excluding tert-OH is 1. The Bertz CT molecular complexity index is 1480. The number of rotatable bonds is 8. The zero-order chi connectivity index (χ0) is 27.4. The minimum Gasteiger partial charge on any atom is -0.465 e. The lowest BCUT2D eigenvalue weighted by molar-refractivity contribution is 0.132. The first-order valence-electron chi connectivity index (χ1n) is 13.0. The molecule has 1 amide bonds. The summed E-state index contributed by atoms with van der Waals surface area (Å²) in [6.45, 7) is 5.10. The standard InChI is InChI=1S/C29H32N6O4/c1-18-10-11-21-22(7-3-9-24(21)32-16-19(2)36)26(18)39-27-23(8-4-13-30-27)25-12-14-31-28(34-25)33-20-6-5-15-35(17-20)29(37)38/h3-4,7-14,19-20,32,36H,5-6,15-17H2,1-2H3,(H,37,38)(H,31,33,34). The number of likely N-dealkylation sites (tertiary alicyclic amines) is 1. The van der Waals surface area contributed by atoms with Crippen LogP contribution in [0.1, 0.15) is 25.3 Å². The second-order valence-electron chi connectivity index (χ2n) is 9.78. The van der Waals surface area contributed by atoms with Gasteiger partial charge in [0.15, 0.2) is 0 Å². The molecule has 2 unspecified atom stereocenters. The van der Waals surface area contributed by atoms with E-state index in [4.69, 9.17) is 9.72 Å². The SMILES string of the molecule is Cc1ccc2c(NCC(C)O)cccc2c1Oc1ncccc1-c1ccnc(NC2CCCN(C(=O)O)C2)n1. The van der Waals surface area contributed by atoms with Gasteiger partial charge in [0.25, 0.3) is 0 Å². The van der Waals surface area contributed by atoms with Crippen LogP contribution in [-0.2, 0) is 0 Å². The molecule has 1 aliphatic rings. The number of fused-ring (bicyclic) bond motifs is 1. The number of hydrogen-bond donors (Lipinski definition) is 4. The van der Waals surface area contributed by atoms with Crippen LogP contribution >= 0.6 is 0 Å². The number of anilines is 2. The van der Waals surface area contributed by atoms with E-state index in [0.717, 1.165) is 34.9 Å². The van der Waals surface area contributed by atoms with Crippen LogP contribution in [0, 0.1) is 6.92 Å². The Hall–Kier alpha value is -4.44. The van der Waals surface area contributed by atoms with Gasteiger partial charge in [0.2, 0.25) is 11.8 Å². The van der Waals surface area contributed by atoms with Gasteiger partial charge in [-0.2, -0.15) is 0 Å². The molecule has 0 aliphatic carbocycles. The summed E-state index contributed by atoms with van der Waals surface area (Å²) in [5.41, 5.74) is 3.21. The van der Waals surface area contributed by atoms with Crippen LogP contribution in [0.15, 0.2) is 60.9 Å². The van der Waals surface area contributed by atoms with Crippen LogP contribution in [0.2, 0.25) is 0 Å². The zero-order valence-corrected chi connectivity index (χ0v) is 22.0. The lowest BCUT2D eigenvalue weighted by Gasteiger charge is -2.31. The van der Waals surface area contributed by atoms with Crippen molar-refractivity contribution in [2.24, 2.45) is 0 Å². The maximum absolute atomic E-state index is 11.4. The number of piperidine rings is 1. The lowest BCUT2D eigenvalue weighted by atomic mass is 10.0. The third kappa shape index (κ3) is 6.01. The molecule has 4 N–H and O–H groups in total. The Morgan fingerprint density at radius 3 is 2.82 bits per heavy atom. The molecule has 1 fully saturated rings. The summed E-state index contributed by atoms with van der Waals surface area (Å²) in [6, 6.07) is 15.5. The lowest BCUT2D eigenvalue weighted by Crippen LogP contribution is -2.44. The number of hydrogen-bond acceptors (Lipinski definition) is 8. The van der Waals surface area contributed by atoms with Crippen molar-refractivity contribution in [3.05, 3.63) is 66.5 Å². The predicted octanol–water partition coefficient (Wildman–Crippen LogP) is 5.14. The molecular weight excluding hydrogens is 496 g/mol. The minimum atomic E-state index is -0.914. The van der Waals surface area contributed by atoms with Gasteiger partial charge in [0.05, 0.1) is 17.4 Å². The van der Waals surface area contributed by atoms with Crippen molar-refractivity contribution < 1.29 is 19.7 Å². The number of benzene rings is 2. The normalized spacial score (nSPS) is 16.1. The number of nitrogens with one attached hydrogen (secondary N) is 2. The van der Waals surface area contributed by atoms with Crippen LogP contribution in [0.3, 0.4) is 0 Å². The quantitative estimate of drug-likeness (QED) is 0.245. The molecule has 0 saturated carbocycles. The van der Waals surface area contributed by atoms with Crippen LogP contribution < -0.4 is 15.4 Å². The number of amides is 1. The largest absolute Gasteiger partial charge is 0.465 e. The van der Waals surface area contributed by atoms with E-state index < -0.39 is 12.2 Å². The van der Waals surface area contributed by atoms with Gasteiger partial charge in [-0.05, 0) is 56.5 Å². The molecule has 1 aliphatic heterocycles. The Kier molecular flexibility index (Phi) is 7.74.